The maximum Gasteiger partial charge on any atom is 0.276 e. The summed E-state index contributed by atoms with van der Waals surface area (Å²) in [6.45, 7) is 5.63. The van der Waals surface area contributed by atoms with Crippen LogP contribution in [0.15, 0.2) is 16.9 Å². The molecule has 4 rings (SSSR count). The average Bonchev–Trinajstić information content (AvgIpc) is 3.33. The molecule has 26 heavy (non-hydrogen) atoms. The van der Waals surface area contributed by atoms with Crippen molar-refractivity contribution in [3.63, 3.8) is 0 Å². The third-order valence-corrected chi connectivity index (χ3v) is 5.27. The van der Waals surface area contributed by atoms with Gasteiger partial charge < -0.3 is 18.7 Å². The Morgan fingerprint density at radius 3 is 2.65 bits per heavy atom. The smallest absolute Gasteiger partial charge is 0.276 e. The van der Waals surface area contributed by atoms with Gasteiger partial charge in [0.15, 0.2) is 5.69 Å². The summed E-state index contributed by atoms with van der Waals surface area (Å²) in [5.74, 6) is 2.26. The molecule has 0 spiro atoms. The fraction of sp³-hybridized carbons (Fsp3) is 0.647. The Morgan fingerprint density at radius 1 is 1.19 bits per heavy atom. The van der Waals surface area contributed by atoms with Crippen molar-refractivity contribution < 1.29 is 14.1 Å². The minimum Gasteiger partial charge on any atom is -0.379 e. The van der Waals surface area contributed by atoms with E-state index >= 15 is 0 Å². The number of aromatic nitrogens is 4. The van der Waals surface area contributed by atoms with Crippen LogP contribution in [0.2, 0.25) is 0 Å². The summed E-state index contributed by atoms with van der Waals surface area (Å²) >= 11 is 0. The first-order chi connectivity index (χ1) is 12.7. The summed E-state index contributed by atoms with van der Waals surface area (Å²) in [6.07, 6.45) is 3.19. The van der Waals surface area contributed by atoms with Gasteiger partial charge in [-0.25, -0.2) is 0 Å². The monoisotopic (exact) mass is 360 g/mol. The van der Waals surface area contributed by atoms with E-state index in [2.05, 4.69) is 24.8 Å². The summed E-state index contributed by atoms with van der Waals surface area (Å²) in [4.78, 5) is 16.5. The first kappa shape index (κ1) is 17.2. The molecule has 4 heterocycles. The zero-order valence-electron chi connectivity index (χ0n) is 15.0. The molecular formula is C17H24N6O3. The van der Waals surface area contributed by atoms with Gasteiger partial charge >= 0.3 is 0 Å². The standard InChI is InChI=1S/C17H24N6O3/c1-21-15(12-22-7-10-25-11-8-22)18-19-16(21)13-2-5-23(6-3-13)17(24)14-4-9-26-20-14/h4,9,13H,2-3,5-8,10-12H2,1H3. The third kappa shape index (κ3) is 3.49. The zero-order valence-corrected chi connectivity index (χ0v) is 15.0. The van der Waals surface area contributed by atoms with Crippen molar-refractivity contribution in [2.45, 2.75) is 25.3 Å². The number of likely N-dealkylation sites (tertiary alicyclic amines) is 1. The molecule has 0 unspecified atom stereocenters. The van der Waals surface area contributed by atoms with E-state index in [0.29, 0.717) is 24.7 Å². The van der Waals surface area contributed by atoms with Crippen LogP contribution in [0.25, 0.3) is 0 Å². The normalized spacial score (nSPS) is 19.8. The van der Waals surface area contributed by atoms with E-state index in [-0.39, 0.29) is 5.91 Å². The van der Waals surface area contributed by atoms with Crippen molar-refractivity contribution in [3.8, 4) is 0 Å². The van der Waals surface area contributed by atoms with Gasteiger partial charge in [0.2, 0.25) is 0 Å². The summed E-state index contributed by atoms with van der Waals surface area (Å²) in [5.41, 5.74) is 0.370. The van der Waals surface area contributed by atoms with E-state index in [1.54, 1.807) is 6.07 Å². The molecule has 0 aliphatic carbocycles. The molecule has 1 amide bonds. The second kappa shape index (κ2) is 7.55. The molecular weight excluding hydrogens is 336 g/mol. The number of ether oxygens (including phenoxy) is 1. The fourth-order valence-corrected chi connectivity index (χ4v) is 3.65. The second-order valence-corrected chi connectivity index (χ2v) is 6.87. The zero-order chi connectivity index (χ0) is 17.9. The van der Waals surface area contributed by atoms with Crippen LogP contribution in [0.5, 0.6) is 0 Å². The topological polar surface area (TPSA) is 89.5 Å². The molecule has 9 heteroatoms. The second-order valence-electron chi connectivity index (χ2n) is 6.87. The Kier molecular flexibility index (Phi) is 4.98. The van der Waals surface area contributed by atoms with Gasteiger partial charge in [-0.2, -0.15) is 0 Å². The van der Waals surface area contributed by atoms with Crippen molar-refractivity contribution in [2.24, 2.45) is 7.05 Å². The Balaban J connectivity index is 1.36. The van der Waals surface area contributed by atoms with Crippen molar-refractivity contribution in [2.75, 3.05) is 39.4 Å². The Morgan fingerprint density at radius 2 is 1.96 bits per heavy atom. The Hall–Kier alpha value is -2.26. The number of carbonyl (C=O) groups is 1. The lowest BCUT2D eigenvalue weighted by molar-refractivity contribution is 0.0326. The summed E-state index contributed by atoms with van der Waals surface area (Å²) in [6, 6.07) is 1.61. The fourth-order valence-electron chi connectivity index (χ4n) is 3.65. The van der Waals surface area contributed by atoms with Gasteiger partial charge in [-0.15, -0.1) is 10.2 Å². The largest absolute Gasteiger partial charge is 0.379 e. The van der Waals surface area contributed by atoms with Crippen LogP contribution in [0.1, 0.15) is 40.9 Å². The van der Waals surface area contributed by atoms with Crippen LogP contribution in [0.4, 0.5) is 0 Å². The summed E-state index contributed by atoms with van der Waals surface area (Å²) in [5, 5.41) is 12.6. The molecule has 2 aliphatic heterocycles. The average molecular weight is 360 g/mol. The lowest BCUT2D eigenvalue weighted by Gasteiger charge is -2.31. The quantitative estimate of drug-likeness (QED) is 0.791. The maximum atomic E-state index is 12.4. The molecule has 140 valence electrons. The number of piperidine rings is 1. The molecule has 0 aromatic carbocycles. The SMILES string of the molecule is Cn1c(CN2CCOCC2)nnc1C1CCN(C(=O)c2ccon2)CC1. The molecule has 0 radical (unpaired) electrons. The molecule has 2 aromatic rings. The van der Waals surface area contributed by atoms with Crippen molar-refractivity contribution in [1.29, 1.82) is 0 Å². The van der Waals surface area contributed by atoms with Gasteiger partial charge in [0.1, 0.15) is 17.9 Å². The molecule has 9 nitrogen and oxygen atoms in total. The van der Waals surface area contributed by atoms with Gasteiger partial charge in [0.25, 0.3) is 5.91 Å². The third-order valence-electron chi connectivity index (χ3n) is 5.27. The Bertz CT molecular complexity index is 730. The number of hydrogen-bond acceptors (Lipinski definition) is 7. The van der Waals surface area contributed by atoms with Crippen LogP contribution in [-0.4, -0.2) is 75.0 Å². The van der Waals surface area contributed by atoms with Crippen molar-refractivity contribution in [3.05, 3.63) is 29.7 Å². The van der Waals surface area contributed by atoms with Crippen molar-refractivity contribution >= 4 is 5.91 Å². The predicted octanol–water partition coefficient (Wildman–Crippen LogP) is 0.655. The van der Waals surface area contributed by atoms with Gasteiger partial charge in [-0.05, 0) is 12.8 Å². The minimum absolute atomic E-state index is 0.0665. The Labute approximate surface area is 151 Å². The first-order valence-corrected chi connectivity index (χ1v) is 9.10. The van der Waals surface area contributed by atoms with Crippen LogP contribution in [0.3, 0.4) is 0 Å². The molecule has 2 aliphatic rings. The molecule has 0 bridgehead atoms. The van der Waals surface area contributed by atoms with E-state index in [0.717, 1.165) is 57.3 Å². The van der Waals surface area contributed by atoms with Gasteiger partial charge in [-0.1, -0.05) is 5.16 Å². The van der Waals surface area contributed by atoms with Crippen LogP contribution >= 0.6 is 0 Å². The maximum absolute atomic E-state index is 12.4. The van der Waals surface area contributed by atoms with E-state index in [1.165, 1.54) is 6.26 Å². The number of amides is 1. The van der Waals surface area contributed by atoms with Crippen LogP contribution in [-0.2, 0) is 18.3 Å². The molecule has 0 saturated carbocycles. The van der Waals surface area contributed by atoms with Crippen molar-refractivity contribution in [1.82, 2.24) is 29.7 Å². The molecule has 2 fully saturated rings. The molecule has 0 N–H and O–H groups in total. The molecule has 2 aromatic heterocycles. The highest BCUT2D eigenvalue weighted by Crippen LogP contribution is 2.27. The van der Waals surface area contributed by atoms with E-state index in [9.17, 15) is 4.79 Å². The van der Waals surface area contributed by atoms with Gasteiger partial charge in [0.05, 0.1) is 19.8 Å². The summed E-state index contributed by atoms with van der Waals surface area (Å²) in [7, 11) is 2.04. The number of hydrogen-bond donors (Lipinski definition) is 0. The lowest BCUT2D eigenvalue weighted by Crippen LogP contribution is -2.38. The number of carbonyl (C=O) groups excluding carboxylic acids is 1. The molecule has 2 saturated heterocycles. The lowest BCUT2D eigenvalue weighted by atomic mass is 9.95. The van der Waals surface area contributed by atoms with E-state index < -0.39 is 0 Å². The van der Waals surface area contributed by atoms with Gasteiger partial charge in [-0.3, -0.25) is 9.69 Å². The van der Waals surface area contributed by atoms with Crippen LogP contribution < -0.4 is 0 Å². The van der Waals surface area contributed by atoms with E-state index in [1.807, 2.05) is 11.9 Å². The highest BCUT2D eigenvalue weighted by Gasteiger charge is 2.29. The predicted molar refractivity (Wildman–Crippen MR) is 91.5 cm³/mol. The van der Waals surface area contributed by atoms with Gasteiger partial charge in [0, 0.05) is 45.2 Å². The number of morpholine rings is 1. The highest BCUT2D eigenvalue weighted by atomic mass is 16.5. The van der Waals surface area contributed by atoms with Crippen LogP contribution in [0, 0.1) is 0 Å². The molecule has 0 atom stereocenters. The van der Waals surface area contributed by atoms with E-state index in [4.69, 9.17) is 9.26 Å². The first-order valence-electron chi connectivity index (χ1n) is 9.10. The number of rotatable bonds is 4. The minimum atomic E-state index is -0.0665. The summed E-state index contributed by atoms with van der Waals surface area (Å²) < 4.78 is 12.3. The number of nitrogens with zero attached hydrogens (tertiary/aromatic N) is 6. The highest BCUT2D eigenvalue weighted by molar-refractivity contribution is 5.92.